The van der Waals surface area contributed by atoms with Crippen molar-refractivity contribution in [1.82, 2.24) is 5.32 Å². The summed E-state index contributed by atoms with van der Waals surface area (Å²) in [6, 6.07) is 6.79. The molecule has 2 fully saturated rings. The minimum Gasteiger partial charge on any atom is -0.497 e. The zero-order valence-corrected chi connectivity index (χ0v) is 13.4. The van der Waals surface area contributed by atoms with E-state index in [1.165, 1.54) is 19.3 Å². The van der Waals surface area contributed by atoms with Gasteiger partial charge in [0.2, 0.25) is 0 Å². The van der Waals surface area contributed by atoms with E-state index in [-0.39, 0.29) is 5.92 Å². The van der Waals surface area contributed by atoms with Crippen molar-refractivity contribution in [3.63, 3.8) is 0 Å². The van der Waals surface area contributed by atoms with Gasteiger partial charge in [0.25, 0.3) is 0 Å². The molecule has 0 amide bonds. The molecule has 0 spiro atoms. The highest BCUT2D eigenvalue weighted by Crippen LogP contribution is 2.31. The smallest absolute Gasteiger partial charge is 0.140 e. The molecule has 2 heterocycles. The van der Waals surface area contributed by atoms with E-state index >= 15 is 0 Å². The van der Waals surface area contributed by atoms with Crippen LogP contribution in [0.15, 0.2) is 18.2 Å². The van der Waals surface area contributed by atoms with Gasteiger partial charge in [-0.3, -0.25) is 4.79 Å². The average Bonchev–Trinajstić information content (AvgIpc) is 2.54. The third-order valence-electron chi connectivity index (χ3n) is 4.96. The van der Waals surface area contributed by atoms with E-state index in [1.807, 2.05) is 18.2 Å². The Morgan fingerprint density at radius 2 is 1.68 bits per heavy atom. The molecule has 4 heteroatoms. The van der Waals surface area contributed by atoms with Crippen LogP contribution in [-0.4, -0.2) is 32.1 Å². The average molecular weight is 303 g/mol. The molecule has 0 aromatic heterocycles. The zero-order valence-electron chi connectivity index (χ0n) is 13.4. The maximum atomic E-state index is 12.7. The topological polar surface area (TPSA) is 47.6 Å². The second kappa shape index (κ2) is 6.69. The van der Waals surface area contributed by atoms with Gasteiger partial charge in [-0.2, -0.15) is 0 Å². The first-order valence-electron chi connectivity index (χ1n) is 8.18. The molecule has 0 saturated carbocycles. The highest BCUT2D eigenvalue weighted by molar-refractivity contribution is 5.83. The molecule has 0 aliphatic carbocycles. The molecule has 3 rings (SSSR count). The summed E-state index contributed by atoms with van der Waals surface area (Å²) in [5.41, 5.74) is 0.977. The summed E-state index contributed by atoms with van der Waals surface area (Å²) in [4.78, 5) is 12.7. The van der Waals surface area contributed by atoms with Crippen LogP contribution < -0.4 is 14.8 Å². The van der Waals surface area contributed by atoms with Crippen molar-refractivity contribution in [3.8, 4) is 11.5 Å². The van der Waals surface area contributed by atoms with E-state index in [0.717, 1.165) is 29.9 Å². The van der Waals surface area contributed by atoms with Crippen molar-refractivity contribution in [2.75, 3.05) is 14.2 Å². The summed E-state index contributed by atoms with van der Waals surface area (Å²) in [6.45, 7) is 0. The van der Waals surface area contributed by atoms with Gasteiger partial charge < -0.3 is 14.8 Å². The number of Topliss-reactive ketones (excluding diaryl/α,β-unsaturated/α-hetero) is 1. The molecule has 2 aliphatic rings. The summed E-state index contributed by atoms with van der Waals surface area (Å²) in [7, 11) is 3.27. The molecule has 4 nitrogen and oxygen atoms in total. The minimum atomic E-state index is 0.203. The molecule has 1 aromatic carbocycles. The number of methoxy groups -OCH3 is 2. The first-order chi connectivity index (χ1) is 10.7. The number of piperidine rings is 2. The molecular weight excluding hydrogens is 278 g/mol. The van der Waals surface area contributed by atoms with Gasteiger partial charge in [-0.1, -0.05) is 6.42 Å². The van der Waals surface area contributed by atoms with E-state index in [1.54, 1.807) is 14.2 Å². The first kappa shape index (κ1) is 15.3. The Balaban J connectivity index is 1.68. The predicted molar refractivity (Wildman–Crippen MR) is 85.5 cm³/mol. The van der Waals surface area contributed by atoms with Crippen molar-refractivity contribution >= 4 is 5.78 Å². The van der Waals surface area contributed by atoms with Crippen LogP contribution in [0.1, 0.15) is 37.7 Å². The molecule has 2 saturated heterocycles. The predicted octanol–water partition coefficient (Wildman–Crippen LogP) is 2.74. The largest absolute Gasteiger partial charge is 0.497 e. The third kappa shape index (κ3) is 3.43. The Bertz CT molecular complexity index is 509. The molecule has 2 unspecified atom stereocenters. The second-order valence-corrected chi connectivity index (χ2v) is 6.52. The van der Waals surface area contributed by atoms with Crippen molar-refractivity contribution in [2.24, 2.45) is 5.92 Å². The maximum Gasteiger partial charge on any atom is 0.140 e. The quantitative estimate of drug-likeness (QED) is 0.908. The highest BCUT2D eigenvalue weighted by Gasteiger charge is 2.34. The number of ketones is 1. The number of carbonyl (C=O) groups excluding carboxylic acids is 1. The fraction of sp³-hybridized carbons (Fsp3) is 0.611. The molecular formula is C18H25NO3. The molecule has 2 aliphatic heterocycles. The summed E-state index contributed by atoms with van der Waals surface area (Å²) >= 11 is 0. The van der Waals surface area contributed by atoms with Crippen LogP contribution in [0.4, 0.5) is 0 Å². The number of ether oxygens (including phenoxy) is 2. The Labute approximate surface area is 132 Å². The van der Waals surface area contributed by atoms with E-state index in [0.29, 0.717) is 24.3 Å². The Kier molecular flexibility index (Phi) is 4.67. The molecule has 120 valence electrons. The molecule has 0 radical (unpaired) electrons. The number of benzene rings is 1. The normalized spacial score (nSPS) is 27.3. The first-order valence-corrected chi connectivity index (χ1v) is 8.18. The van der Waals surface area contributed by atoms with Gasteiger partial charge in [0.15, 0.2) is 0 Å². The Morgan fingerprint density at radius 3 is 2.23 bits per heavy atom. The van der Waals surface area contributed by atoms with E-state index in [9.17, 15) is 4.79 Å². The van der Waals surface area contributed by atoms with E-state index in [2.05, 4.69) is 5.32 Å². The fourth-order valence-corrected chi connectivity index (χ4v) is 3.84. The molecule has 2 bridgehead atoms. The van der Waals surface area contributed by atoms with Gasteiger partial charge in [-0.25, -0.2) is 0 Å². The number of rotatable bonds is 5. The van der Waals surface area contributed by atoms with Gasteiger partial charge in [-0.05, 0) is 43.4 Å². The van der Waals surface area contributed by atoms with Gasteiger partial charge in [0, 0.05) is 30.5 Å². The lowest BCUT2D eigenvalue weighted by Crippen LogP contribution is -2.50. The van der Waals surface area contributed by atoms with Gasteiger partial charge in [0.05, 0.1) is 14.2 Å². The van der Waals surface area contributed by atoms with Crippen LogP contribution in [0.2, 0.25) is 0 Å². The number of carbonyl (C=O) groups is 1. The van der Waals surface area contributed by atoms with Gasteiger partial charge in [-0.15, -0.1) is 0 Å². The van der Waals surface area contributed by atoms with Crippen LogP contribution in [0, 0.1) is 5.92 Å². The summed E-state index contributed by atoms with van der Waals surface area (Å²) in [6.07, 6.45) is 6.20. The molecule has 1 N–H and O–H groups in total. The molecule has 1 aromatic rings. The van der Waals surface area contributed by atoms with E-state index < -0.39 is 0 Å². The fourth-order valence-electron chi connectivity index (χ4n) is 3.84. The second-order valence-electron chi connectivity index (χ2n) is 6.52. The van der Waals surface area contributed by atoms with Crippen LogP contribution >= 0.6 is 0 Å². The lowest BCUT2D eigenvalue weighted by molar-refractivity contribution is -0.124. The van der Waals surface area contributed by atoms with Crippen LogP contribution in [0.5, 0.6) is 11.5 Å². The lowest BCUT2D eigenvalue weighted by atomic mass is 9.77. The van der Waals surface area contributed by atoms with Crippen LogP contribution in [0.3, 0.4) is 0 Å². The number of hydrogen-bond acceptors (Lipinski definition) is 4. The standard InChI is InChI=1S/C18H25NO3/c1-21-16-6-12(7-17(11-16)22-2)8-18(20)13-9-14-4-3-5-15(10-13)19-14/h6-7,11,13-15,19H,3-5,8-10H2,1-2H3. The van der Waals surface area contributed by atoms with E-state index in [4.69, 9.17) is 9.47 Å². The maximum absolute atomic E-state index is 12.7. The van der Waals surface area contributed by atoms with Crippen molar-refractivity contribution in [3.05, 3.63) is 23.8 Å². The Hall–Kier alpha value is -1.55. The Morgan fingerprint density at radius 1 is 1.09 bits per heavy atom. The van der Waals surface area contributed by atoms with Gasteiger partial charge in [0.1, 0.15) is 17.3 Å². The molecule has 22 heavy (non-hydrogen) atoms. The van der Waals surface area contributed by atoms with Crippen LogP contribution in [-0.2, 0) is 11.2 Å². The number of hydrogen-bond donors (Lipinski definition) is 1. The zero-order chi connectivity index (χ0) is 15.5. The monoisotopic (exact) mass is 303 g/mol. The summed E-state index contributed by atoms with van der Waals surface area (Å²) < 4.78 is 10.6. The molecule has 2 atom stereocenters. The summed E-state index contributed by atoms with van der Waals surface area (Å²) in [5, 5.41) is 3.65. The lowest BCUT2D eigenvalue weighted by Gasteiger charge is -2.39. The SMILES string of the molecule is COc1cc(CC(=O)C2CC3CCCC(C2)N3)cc(OC)c1. The minimum absolute atomic E-state index is 0.203. The third-order valence-corrected chi connectivity index (χ3v) is 4.96. The number of fused-ring (bicyclic) bond motifs is 2. The number of nitrogens with one attached hydrogen (secondary N) is 1. The summed E-state index contributed by atoms with van der Waals surface area (Å²) in [5.74, 6) is 2.04. The van der Waals surface area contributed by atoms with Crippen molar-refractivity contribution in [2.45, 2.75) is 50.6 Å². The van der Waals surface area contributed by atoms with Crippen molar-refractivity contribution < 1.29 is 14.3 Å². The highest BCUT2D eigenvalue weighted by atomic mass is 16.5. The van der Waals surface area contributed by atoms with Crippen molar-refractivity contribution in [1.29, 1.82) is 0 Å². The van der Waals surface area contributed by atoms with Crippen LogP contribution in [0.25, 0.3) is 0 Å². The van der Waals surface area contributed by atoms with Gasteiger partial charge >= 0.3 is 0 Å².